The van der Waals surface area contributed by atoms with Crippen molar-refractivity contribution in [2.24, 2.45) is 0 Å². The van der Waals surface area contributed by atoms with E-state index in [2.05, 4.69) is 250 Å². The van der Waals surface area contributed by atoms with Crippen molar-refractivity contribution in [1.29, 1.82) is 0 Å². The number of nitrogens with zero attached hydrogens (tertiary/aromatic N) is 3. The fraction of sp³-hybridized carbons (Fsp3) is 0. The molecule has 3 heteroatoms. The minimum absolute atomic E-state index is 1.14. The van der Waals surface area contributed by atoms with Crippen LogP contribution in [0.2, 0.25) is 0 Å². The Morgan fingerprint density at radius 2 is 0.524 bits per heavy atom. The summed E-state index contributed by atoms with van der Waals surface area (Å²) in [6.07, 6.45) is 0. The van der Waals surface area contributed by atoms with E-state index in [4.69, 9.17) is 0 Å². The van der Waals surface area contributed by atoms with E-state index >= 15 is 0 Å². The van der Waals surface area contributed by atoms with E-state index in [1.54, 1.807) is 0 Å². The monoisotopic (exact) mass is 801 g/mol. The summed E-state index contributed by atoms with van der Waals surface area (Å²) >= 11 is 0. The maximum Gasteiger partial charge on any atom is 0.0548 e. The lowest BCUT2D eigenvalue weighted by Gasteiger charge is -2.11. The van der Waals surface area contributed by atoms with Gasteiger partial charge < -0.3 is 13.7 Å². The molecule has 0 radical (unpaired) electrons. The molecule has 63 heavy (non-hydrogen) atoms. The fourth-order valence-corrected chi connectivity index (χ4v) is 10.2. The van der Waals surface area contributed by atoms with Crippen molar-refractivity contribution in [3.8, 4) is 50.4 Å². The highest BCUT2D eigenvalue weighted by Crippen LogP contribution is 2.44. The topological polar surface area (TPSA) is 14.8 Å². The van der Waals surface area contributed by atoms with E-state index in [9.17, 15) is 0 Å². The van der Waals surface area contributed by atoms with Gasteiger partial charge in [0.05, 0.1) is 33.1 Å². The Labute approximate surface area is 364 Å². The summed E-state index contributed by atoms with van der Waals surface area (Å²) < 4.78 is 7.28. The molecule has 10 aromatic carbocycles. The highest BCUT2D eigenvalue weighted by atomic mass is 15.0. The van der Waals surface area contributed by atoms with Crippen molar-refractivity contribution in [3.63, 3.8) is 0 Å². The minimum atomic E-state index is 1.14. The van der Waals surface area contributed by atoms with Gasteiger partial charge in [-0.2, -0.15) is 0 Å². The second-order valence-electron chi connectivity index (χ2n) is 16.5. The lowest BCUT2D eigenvalue weighted by molar-refractivity contribution is 1.17. The standard InChI is InChI=1S/C60H39N3/c1-4-14-40(15-5-1)42-24-30-47(31-25-42)61-53-22-12-10-20-49(53)51-38-44(28-34-55(51)61)45-29-35-56-52(39-45)60-58(63(56)48-32-26-43(27-33-48)41-16-6-2-7-17-41)37-36-57-59(60)50-21-11-13-23-54(50)62(57)46-18-8-3-9-19-46/h1-39H. The SMILES string of the molecule is c1ccc(-c2ccc(-n3c4ccccc4c4cc(-c5ccc6c(c5)c5c7c8ccccc8n(-c8ccccc8)c7ccc5n6-c5ccc(-c6ccccc6)cc5)ccc43)cc2)cc1. The zero-order valence-corrected chi connectivity index (χ0v) is 34.4. The van der Waals surface area contributed by atoms with Crippen molar-refractivity contribution < 1.29 is 0 Å². The van der Waals surface area contributed by atoms with Gasteiger partial charge in [0, 0.05) is 49.4 Å². The number of hydrogen-bond donors (Lipinski definition) is 0. The lowest BCUT2D eigenvalue weighted by Crippen LogP contribution is -1.95. The molecule has 0 amide bonds. The summed E-state index contributed by atoms with van der Waals surface area (Å²) in [5.74, 6) is 0. The maximum atomic E-state index is 2.46. The highest BCUT2D eigenvalue weighted by Gasteiger charge is 2.22. The van der Waals surface area contributed by atoms with Crippen LogP contribution in [-0.4, -0.2) is 13.7 Å². The summed E-state index contributed by atoms with van der Waals surface area (Å²) in [5.41, 5.74) is 17.9. The average molecular weight is 802 g/mol. The van der Waals surface area contributed by atoms with Crippen molar-refractivity contribution >= 4 is 65.4 Å². The Morgan fingerprint density at radius 1 is 0.190 bits per heavy atom. The molecule has 0 aliphatic rings. The third-order valence-corrected chi connectivity index (χ3v) is 13.0. The van der Waals surface area contributed by atoms with Crippen LogP contribution in [0.3, 0.4) is 0 Å². The molecular weight excluding hydrogens is 763 g/mol. The smallest absolute Gasteiger partial charge is 0.0548 e. The van der Waals surface area contributed by atoms with Crippen LogP contribution in [0, 0.1) is 0 Å². The summed E-state index contributed by atoms with van der Waals surface area (Å²) in [5, 5.41) is 7.50. The van der Waals surface area contributed by atoms with Crippen molar-refractivity contribution in [2.45, 2.75) is 0 Å². The molecule has 0 saturated carbocycles. The van der Waals surface area contributed by atoms with Gasteiger partial charge in [0.1, 0.15) is 0 Å². The van der Waals surface area contributed by atoms with E-state index in [1.807, 2.05) is 0 Å². The van der Waals surface area contributed by atoms with Gasteiger partial charge >= 0.3 is 0 Å². The Balaban J connectivity index is 1.03. The van der Waals surface area contributed by atoms with E-state index in [1.165, 1.54) is 98.8 Å². The molecule has 294 valence electrons. The summed E-state index contributed by atoms with van der Waals surface area (Å²) in [6.45, 7) is 0. The van der Waals surface area contributed by atoms with E-state index in [-0.39, 0.29) is 0 Å². The molecule has 13 aromatic rings. The predicted molar refractivity (Wildman–Crippen MR) is 266 cm³/mol. The third kappa shape index (κ3) is 5.53. The molecule has 0 aliphatic carbocycles. The predicted octanol–water partition coefficient (Wildman–Crippen LogP) is 16.0. The molecular formula is C60H39N3. The van der Waals surface area contributed by atoms with Crippen molar-refractivity contribution in [1.82, 2.24) is 13.7 Å². The number of benzene rings is 10. The van der Waals surface area contributed by atoms with Crippen LogP contribution in [0.5, 0.6) is 0 Å². The molecule has 0 bridgehead atoms. The van der Waals surface area contributed by atoms with Crippen LogP contribution in [-0.2, 0) is 0 Å². The van der Waals surface area contributed by atoms with E-state index in [0.717, 1.165) is 17.1 Å². The Hall–Kier alpha value is -8.40. The summed E-state index contributed by atoms with van der Waals surface area (Å²) in [7, 11) is 0. The molecule has 0 atom stereocenters. The van der Waals surface area contributed by atoms with Crippen molar-refractivity contribution in [3.05, 3.63) is 237 Å². The molecule has 13 rings (SSSR count). The highest BCUT2D eigenvalue weighted by molar-refractivity contribution is 6.29. The largest absolute Gasteiger partial charge is 0.309 e. The second-order valence-corrected chi connectivity index (χ2v) is 16.5. The molecule has 0 aliphatic heterocycles. The van der Waals surface area contributed by atoms with Gasteiger partial charge in [-0.15, -0.1) is 0 Å². The van der Waals surface area contributed by atoms with Gasteiger partial charge in [0.25, 0.3) is 0 Å². The van der Waals surface area contributed by atoms with Crippen LogP contribution in [0.15, 0.2) is 237 Å². The van der Waals surface area contributed by atoms with Gasteiger partial charge in [-0.25, -0.2) is 0 Å². The second kappa shape index (κ2) is 14.1. The number of para-hydroxylation sites is 3. The van der Waals surface area contributed by atoms with Gasteiger partial charge in [0.15, 0.2) is 0 Å². The molecule has 3 nitrogen and oxygen atoms in total. The van der Waals surface area contributed by atoms with Gasteiger partial charge in [-0.1, -0.05) is 152 Å². The molecule has 3 heterocycles. The van der Waals surface area contributed by atoms with E-state index < -0.39 is 0 Å². The molecule has 0 saturated heterocycles. The van der Waals surface area contributed by atoms with Crippen LogP contribution < -0.4 is 0 Å². The Morgan fingerprint density at radius 3 is 1.08 bits per heavy atom. The van der Waals surface area contributed by atoms with Crippen LogP contribution in [0.4, 0.5) is 0 Å². The molecule has 0 spiro atoms. The minimum Gasteiger partial charge on any atom is -0.309 e. The molecule has 0 N–H and O–H groups in total. The van der Waals surface area contributed by atoms with Gasteiger partial charge in [-0.3, -0.25) is 0 Å². The molecule has 0 fully saturated rings. The Bertz CT molecular complexity index is 3850. The quantitative estimate of drug-likeness (QED) is 0.159. The molecule has 3 aromatic heterocycles. The number of fused-ring (bicyclic) bond motifs is 10. The average Bonchev–Trinajstić information content (AvgIpc) is 4.00. The molecule has 0 unspecified atom stereocenters. The lowest BCUT2D eigenvalue weighted by atomic mass is 9.99. The van der Waals surface area contributed by atoms with Gasteiger partial charge in [0.2, 0.25) is 0 Å². The third-order valence-electron chi connectivity index (χ3n) is 13.0. The zero-order valence-electron chi connectivity index (χ0n) is 34.4. The Kier molecular flexibility index (Phi) is 7.91. The number of aromatic nitrogens is 3. The van der Waals surface area contributed by atoms with Gasteiger partial charge in [-0.05, 0) is 118 Å². The number of hydrogen-bond acceptors (Lipinski definition) is 0. The fourth-order valence-electron chi connectivity index (χ4n) is 10.2. The number of rotatable bonds is 6. The maximum absolute atomic E-state index is 2.46. The van der Waals surface area contributed by atoms with Crippen LogP contribution in [0.1, 0.15) is 0 Å². The first-order valence-corrected chi connectivity index (χ1v) is 21.7. The normalized spacial score (nSPS) is 11.8. The van der Waals surface area contributed by atoms with Crippen molar-refractivity contribution in [2.75, 3.05) is 0 Å². The van der Waals surface area contributed by atoms with E-state index in [0.29, 0.717) is 0 Å². The zero-order chi connectivity index (χ0) is 41.4. The summed E-state index contributed by atoms with van der Waals surface area (Å²) in [4.78, 5) is 0. The first-order valence-electron chi connectivity index (χ1n) is 21.7. The summed E-state index contributed by atoms with van der Waals surface area (Å²) in [6, 6.07) is 86.4. The first kappa shape index (κ1) is 35.4. The van der Waals surface area contributed by atoms with Crippen LogP contribution >= 0.6 is 0 Å². The first-order chi connectivity index (χ1) is 31.3. The van der Waals surface area contributed by atoms with Crippen LogP contribution in [0.25, 0.3) is 116 Å².